The van der Waals surface area contributed by atoms with Gasteiger partial charge < -0.3 is 14.5 Å². The first-order valence-electron chi connectivity index (χ1n) is 4.91. The van der Waals surface area contributed by atoms with Gasteiger partial charge in [0.2, 0.25) is 0 Å². The standard InChI is InChI=1S/C9H17O7P/c1-7(10)6-9(2,3)8(11)15-4-5-16-17(12,13)14/h4-6H2,1-3H3,(H2,12,13,14). The highest BCUT2D eigenvalue weighted by Gasteiger charge is 2.30. The summed E-state index contributed by atoms with van der Waals surface area (Å²) in [6, 6.07) is 0. The number of phosphoric acid groups is 1. The molecule has 0 bridgehead atoms. The normalized spacial score (nSPS) is 12.3. The average Bonchev–Trinajstić information content (AvgIpc) is 2.08. The molecule has 0 fully saturated rings. The van der Waals surface area contributed by atoms with Crippen LogP contribution in [-0.2, 0) is 23.4 Å². The number of hydrogen-bond acceptors (Lipinski definition) is 5. The summed E-state index contributed by atoms with van der Waals surface area (Å²) in [5.74, 6) is -0.750. The summed E-state index contributed by atoms with van der Waals surface area (Å²) in [5, 5.41) is 0. The van der Waals surface area contributed by atoms with Crippen LogP contribution in [0.15, 0.2) is 0 Å². The molecule has 0 rings (SSSR count). The van der Waals surface area contributed by atoms with Crippen molar-refractivity contribution in [2.45, 2.75) is 27.2 Å². The fourth-order valence-electron chi connectivity index (χ4n) is 1.18. The Bertz CT molecular complexity index is 330. The van der Waals surface area contributed by atoms with Gasteiger partial charge in [-0.15, -0.1) is 0 Å². The van der Waals surface area contributed by atoms with E-state index in [4.69, 9.17) is 14.5 Å². The van der Waals surface area contributed by atoms with Crippen molar-refractivity contribution in [3.63, 3.8) is 0 Å². The average molecular weight is 268 g/mol. The van der Waals surface area contributed by atoms with E-state index in [2.05, 4.69) is 4.52 Å². The van der Waals surface area contributed by atoms with Crippen molar-refractivity contribution in [2.24, 2.45) is 5.41 Å². The molecule has 7 nitrogen and oxygen atoms in total. The summed E-state index contributed by atoms with van der Waals surface area (Å²) in [5.41, 5.74) is -0.950. The van der Waals surface area contributed by atoms with E-state index >= 15 is 0 Å². The highest BCUT2D eigenvalue weighted by molar-refractivity contribution is 7.46. The van der Waals surface area contributed by atoms with Crippen LogP contribution in [-0.4, -0.2) is 34.8 Å². The Morgan fingerprint density at radius 3 is 2.18 bits per heavy atom. The van der Waals surface area contributed by atoms with E-state index < -0.39 is 25.8 Å². The molecule has 8 heteroatoms. The molecule has 0 aromatic rings. The molecule has 0 spiro atoms. The molecule has 2 N–H and O–H groups in total. The largest absolute Gasteiger partial charge is 0.469 e. The number of carbonyl (C=O) groups is 2. The molecule has 0 saturated carbocycles. The molecule has 0 saturated heterocycles. The number of hydrogen-bond donors (Lipinski definition) is 2. The molecule has 0 unspecified atom stereocenters. The Balaban J connectivity index is 4.02. The molecule has 0 aromatic heterocycles. The van der Waals surface area contributed by atoms with Crippen LogP contribution >= 0.6 is 7.82 Å². The van der Waals surface area contributed by atoms with Gasteiger partial charge in [-0.05, 0) is 20.8 Å². The molecule has 0 heterocycles. The van der Waals surface area contributed by atoms with Crippen LogP contribution in [0.3, 0.4) is 0 Å². The van der Waals surface area contributed by atoms with Crippen LogP contribution in [0.1, 0.15) is 27.2 Å². The lowest BCUT2D eigenvalue weighted by atomic mass is 9.88. The second kappa shape index (κ2) is 6.26. The fraction of sp³-hybridized carbons (Fsp3) is 0.778. The summed E-state index contributed by atoms with van der Waals surface area (Å²) in [4.78, 5) is 39.1. The summed E-state index contributed by atoms with van der Waals surface area (Å²) in [6.07, 6.45) is 0.0468. The molecule has 0 aromatic carbocycles. The maximum absolute atomic E-state index is 11.5. The molecule has 0 aliphatic heterocycles. The second-order valence-electron chi connectivity index (χ2n) is 4.22. The first-order chi connectivity index (χ1) is 7.54. The van der Waals surface area contributed by atoms with E-state index in [9.17, 15) is 14.2 Å². The first kappa shape index (κ1) is 16.2. The molecule has 0 aliphatic carbocycles. The van der Waals surface area contributed by atoms with Crippen LogP contribution in [0, 0.1) is 5.41 Å². The fourth-order valence-corrected chi connectivity index (χ4v) is 1.49. The van der Waals surface area contributed by atoms with Crippen molar-refractivity contribution in [1.82, 2.24) is 0 Å². The number of carbonyl (C=O) groups excluding carboxylic acids is 2. The number of esters is 1. The van der Waals surface area contributed by atoms with E-state index in [-0.39, 0.29) is 18.8 Å². The lowest BCUT2D eigenvalue weighted by molar-refractivity contribution is -0.156. The van der Waals surface area contributed by atoms with Crippen LogP contribution in [0.5, 0.6) is 0 Å². The maximum atomic E-state index is 11.5. The highest BCUT2D eigenvalue weighted by atomic mass is 31.2. The molecule has 0 amide bonds. The lowest BCUT2D eigenvalue weighted by Crippen LogP contribution is -2.29. The topological polar surface area (TPSA) is 110 Å². The Morgan fingerprint density at radius 2 is 1.76 bits per heavy atom. The minimum atomic E-state index is -4.53. The van der Waals surface area contributed by atoms with Gasteiger partial charge in [-0.1, -0.05) is 0 Å². The van der Waals surface area contributed by atoms with Gasteiger partial charge in [0.05, 0.1) is 12.0 Å². The summed E-state index contributed by atoms with van der Waals surface area (Å²) < 4.78 is 19.1. The summed E-state index contributed by atoms with van der Waals surface area (Å²) >= 11 is 0. The number of Topliss-reactive ketones (excluding diaryl/α,β-unsaturated/α-hetero) is 1. The van der Waals surface area contributed by atoms with E-state index in [1.165, 1.54) is 6.92 Å². The quantitative estimate of drug-likeness (QED) is 0.396. The zero-order chi connectivity index (χ0) is 13.7. The van der Waals surface area contributed by atoms with Crippen molar-refractivity contribution in [2.75, 3.05) is 13.2 Å². The molecule has 0 atom stereocenters. The van der Waals surface area contributed by atoms with Gasteiger partial charge in [-0.3, -0.25) is 14.1 Å². The molecule has 0 aliphatic rings. The van der Waals surface area contributed by atoms with E-state index in [0.29, 0.717) is 0 Å². The van der Waals surface area contributed by atoms with Crippen LogP contribution in [0.4, 0.5) is 0 Å². The van der Waals surface area contributed by atoms with Crippen molar-refractivity contribution in [3.05, 3.63) is 0 Å². The van der Waals surface area contributed by atoms with Gasteiger partial charge in [0, 0.05) is 6.42 Å². The Hall–Kier alpha value is -0.750. The summed E-state index contributed by atoms with van der Waals surface area (Å²) in [7, 11) is -4.53. The Kier molecular flexibility index (Phi) is 5.98. The van der Waals surface area contributed by atoms with Crippen LogP contribution in [0.25, 0.3) is 0 Å². The zero-order valence-corrected chi connectivity index (χ0v) is 10.9. The molecular weight excluding hydrogens is 251 g/mol. The minimum Gasteiger partial charge on any atom is -0.463 e. The van der Waals surface area contributed by atoms with E-state index in [1.54, 1.807) is 13.8 Å². The predicted octanol–water partition coefficient (Wildman–Crippen LogP) is 0.644. The minimum absolute atomic E-state index is 0.0468. The van der Waals surface area contributed by atoms with Crippen LogP contribution < -0.4 is 0 Å². The van der Waals surface area contributed by atoms with Gasteiger partial charge in [0.1, 0.15) is 12.4 Å². The molecule has 0 radical (unpaired) electrons. The van der Waals surface area contributed by atoms with Gasteiger partial charge in [-0.2, -0.15) is 0 Å². The van der Waals surface area contributed by atoms with Crippen molar-refractivity contribution in [1.29, 1.82) is 0 Å². The third-order valence-electron chi connectivity index (χ3n) is 1.82. The molecule has 17 heavy (non-hydrogen) atoms. The van der Waals surface area contributed by atoms with Crippen LogP contribution in [0.2, 0.25) is 0 Å². The van der Waals surface area contributed by atoms with Crippen molar-refractivity contribution < 1.29 is 33.2 Å². The highest BCUT2D eigenvalue weighted by Crippen LogP contribution is 2.35. The van der Waals surface area contributed by atoms with Crippen molar-refractivity contribution >= 4 is 19.6 Å². The number of ether oxygens (including phenoxy) is 1. The SMILES string of the molecule is CC(=O)CC(C)(C)C(=O)OCCOP(=O)(O)O. The monoisotopic (exact) mass is 268 g/mol. The zero-order valence-electron chi connectivity index (χ0n) is 10.0. The number of rotatable bonds is 7. The second-order valence-corrected chi connectivity index (χ2v) is 5.46. The van der Waals surface area contributed by atoms with E-state index in [0.717, 1.165) is 0 Å². The summed E-state index contributed by atoms with van der Waals surface area (Å²) in [6.45, 7) is 3.81. The van der Waals surface area contributed by atoms with Gasteiger partial charge in [-0.25, -0.2) is 4.57 Å². The third-order valence-corrected chi connectivity index (χ3v) is 2.34. The Morgan fingerprint density at radius 1 is 1.24 bits per heavy atom. The van der Waals surface area contributed by atoms with Gasteiger partial charge in [0.25, 0.3) is 0 Å². The molecular formula is C9H17O7P. The number of phosphoric ester groups is 1. The molecule has 100 valence electrons. The number of ketones is 1. The Labute approximate surface area is 99.3 Å². The predicted molar refractivity (Wildman–Crippen MR) is 58.0 cm³/mol. The van der Waals surface area contributed by atoms with E-state index in [1.807, 2.05) is 0 Å². The lowest BCUT2D eigenvalue weighted by Gasteiger charge is -2.20. The smallest absolute Gasteiger partial charge is 0.463 e. The van der Waals surface area contributed by atoms with Gasteiger partial charge >= 0.3 is 13.8 Å². The third kappa shape index (κ3) is 8.04. The van der Waals surface area contributed by atoms with Gasteiger partial charge in [0.15, 0.2) is 0 Å². The maximum Gasteiger partial charge on any atom is 0.469 e. The van der Waals surface area contributed by atoms with Crippen molar-refractivity contribution in [3.8, 4) is 0 Å². The first-order valence-corrected chi connectivity index (χ1v) is 6.44.